The summed E-state index contributed by atoms with van der Waals surface area (Å²) < 4.78 is 0.0307. The van der Waals surface area contributed by atoms with Gasteiger partial charge in [-0.1, -0.05) is 99.3 Å². The van der Waals surface area contributed by atoms with E-state index in [1.54, 1.807) is 0 Å². The van der Waals surface area contributed by atoms with Gasteiger partial charge in [-0.15, -0.1) is 11.8 Å². The molecule has 158 valence electrons. The number of carbonyl (C=O) groups is 1. The Kier molecular flexibility index (Phi) is 3.76. The molecule has 0 bridgehead atoms. The summed E-state index contributed by atoms with van der Waals surface area (Å²) in [5.74, 6) is 0.205. The van der Waals surface area contributed by atoms with Gasteiger partial charge >= 0.3 is 0 Å². The van der Waals surface area contributed by atoms with E-state index in [-0.39, 0.29) is 26.1 Å². The first-order chi connectivity index (χ1) is 15.1. The molecular formula is C28H28OS2. The van der Waals surface area contributed by atoms with E-state index < -0.39 is 0 Å². The van der Waals surface area contributed by atoms with Gasteiger partial charge in [-0.2, -0.15) is 0 Å². The van der Waals surface area contributed by atoms with Crippen molar-refractivity contribution in [2.24, 2.45) is 10.8 Å². The van der Waals surface area contributed by atoms with Gasteiger partial charge in [0.25, 0.3) is 0 Å². The second-order valence-electron chi connectivity index (χ2n) is 10.5. The molecule has 3 saturated carbocycles. The van der Waals surface area contributed by atoms with Crippen LogP contribution in [0.2, 0.25) is 0 Å². The lowest BCUT2D eigenvalue weighted by Gasteiger charge is -2.68. The number of fused-ring (bicyclic) bond motifs is 7. The molecule has 0 N–H and O–H groups in total. The Bertz CT molecular complexity index is 1060. The molecule has 3 heteroatoms. The minimum absolute atomic E-state index is 0.106. The predicted octanol–water partition coefficient (Wildman–Crippen LogP) is 7.24. The third-order valence-corrected chi connectivity index (χ3v) is 12.5. The van der Waals surface area contributed by atoms with Crippen molar-refractivity contribution >= 4 is 34.6 Å². The zero-order valence-corrected chi connectivity index (χ0v) is 19.5. The van der Waals surface area contributed by atoms with Crippen LogP contribution in [0.3, 0.4) is 0 Å². The molecule has 7 rings (SSSR count). The second-order valence-corrected chi connectivity index (χ2v) is 12.3. The Balaban J connectivity index is 1.53. The van der Waals surface area contributed by atoms with Crippen LogP contribution in [-0.2, 0) is 4.75 Å². The number of thioether (sulfide) groups is 1. The van der Waals surface area contributed by atoms with Crippen molar-refractivity contribution in [2.45, 2.75) is 73.7 Å². The number of ketones is 1. The van der Waals surface area contributed by atoms with Crippen LogP contribution >= 0.6 is 24.0 Å². The molecule has 2 aromatic carbocycles. The molecule has 5 aliphatic rings. The molecule has 1 nitrogen and oxygen atoms in total. The van der Waals surface area contributed by atoms with Gasteiger partial charge in [-0.25, -0.2) is 0 Å². The molecule has 2 aromatic rings. The molecule has 1 aliphatic heterocycles. The highest BCUT2D eigenvalue weighted by atomic mass is 32.2. The quantitative estimate of drug-likeness (QED) is 0.315. The SMILES string of the molecule is O=C1c2ccccc2C2(SC23C2(CCCCC2)C(=S)C32CCCCC2)c2ccccc21. The van der Waals surface area contributed by atoms with Gasteiger partial charge in [0.15, 0.2) is 5.78 Å². The maximum atomic E-state index is 13.5. The molecule has 1 saturated heterocycles. The highest BCUT2D eigenvalue weighted by molar-refractivity contribution is 8.10. The fourth-order valence-electron chi connectivity index (χ4n) is 8.47. The van der Waals surface area contributed by atoms with Gasteiger partial charge < -0.3 is 0 Å². The van der Waals surface area contributed by atoms with Crippen LogP contribution < -0.4 is 0 Å². The zero-order chi connectivity index (χ0) is 20.9. The van der Waals surface area contributed by atoms with Gasteiger partial charge in [0, 0.05) is 26.8 Å². The minimum atomic E-state index is -0.106. The van der Waals surface area contributed by atoms with E-state index >= 15 is 0 Å². The number of hydrogen-bond acceptors (Lipinski definition) is 3. The highest BCUT2D eigenvalue weighted by Gasteiger charge is 2.93. The van der Waals surface area contributed by atoms with Crippen molar-refractivity contribution in [3.63, 3.8) is 0 Å². The molecule has 0 aromatic heterocycles. The smallest absolute Gasteiger partial charge is 0.193 e. The van der Waals surface area contributed by atoms with Crippen molar-refractivity contribution in [1.29, 1.82) is 0 Å². The highest BCUT2D eigenvalue weighted by Crippen LogP contribution is 2.94. The summed E-state index contributed by atoms with van der Waals surface area (Å²) in [5, 5.41) is 0. The largest absolute Gasteiger partial charge is 0.289 e. The van der Waals surface area contributed by atoms with E-state index in [1.165, 1.54) is 80.2 Å². The minimum Gasteiger partial charge on any atom is -0.289 e. The van der Waals surface area contributed by atoms with Crippen LogP contribution in [0.4, 0.5) is 0 Å². The first-order valence-corrected chi connectivity index (χ1v) is 13.4. The predicted molar refractivity (Wildman–Crippen MR) is 131 cm³/mol. The van der Waals surface area contributed by atoms with Crippen molar-refractivity contribution in [3.05, 3.63) is 70.8 Å². The van der Waals surface area contributed by atoms with Crippen LogP contribution in [0.1, 0.15) is 91.3 Å². The summed E-state index contributed by atoms with van der Waals surface area (Å²) in [5.41, 5.74) is 4.76. The lowest BCUT2D eigenvalue weighted by atomic mass is 9.35. The maximum absolute atomic E-state index is 13.5. The molecule has 31 heavy (non-hydrogen) atoms. The topological polar surface area (TPSA) is 17.1 Å². The van der Waals surface area contributed by atoms with E-state index in [0.29, 0.717) is 0 Å². The summed E-state index contributed by atoms with van der Waals surface area (Å²) in [6, 6.07) is 17.0. The fourth-order valence-corrected chi connectivity index (χ4v) is 11.9. The number of thiocarbonyl (C=S) groups is 1. The van der Waals surface area contributed by atoms with Crippen molar-refractivity contribution in [2.75, 3.05) is 0 Å². The first-order valence-electron chi connectivity index (χ1n) is 12.1. The number of benzene rings is 2. The lowest BCUT2D eigenvalue weighted by molar-refractivity contribution is 0.0282. The van der Waals surface area contributed by atoms with E-state index in [1.807, 2.05) is 12.1 Å². The third kappa shape index (κ3) is 1.88. The van der Waals surface area contributed by atoms with Gasteiger partial charge in [-0.05, 0) is 36.8 Å². The summed E-state index contributed by atoms with van der Waals surface area (Å²) in [6.07, 6.45) is 12.9. The summed E-state index contributed by atoms with van der Waals surface area (Å²) in [7, 11) is 0. The van der Waals surface area contributed by atoms with E-state index in [4.69, 9.17) is 12.2 Å². The number of rotatable bonds is 0. The van der Waals surface area contributed by atoms with Gasteiger partial charge in [0.2, 0.25) is 0 Å². The summed E-state index contributed by atoms with van der Waals surface area (Å²) in [6.45, 7) is 0. The Hall–Kier alpha value is -1.45. The standard InChI is InChI=1S/C28H28OS2/c29-23-19-11-3-5-13-21(19)27(22-14-6-4-12-20(22)23)28(31-27)25(15-7-1-8-16-25)24(30)26(28)17-9-2-10-18-26/h3-6,11-14H,1-2,7-10,15-18H2. The fraction of sp³-hybridized carbons (Fsp3) is 0.500. The average Bonchev–Trinajstić information content (AvgIpc) is 3.58. The van der Waals surface area contributed by atoms with Crippen molar-refractivity contribution in [3.8, 4) is 0 Å². The Morgan fingerprint density at radius 1 is 0.677 bits per heavy atom. The zero-order valence-electron chi connectivity index (χ0n) is 17.9. The monoisotopic (exact) mass is 444 g/mol. The molecule has 0 atom stereocenters. The molecule has 1 heterocycles. The van der Waals surface area contributed by atoms with Crippen LogP contribution in [0.25, 0.3) is 0 Å². The maximum Gasteiger partial charge on any atom is 0.193 e. The Morgan fingerprint density at radius 2 is 1.13 bits per heavy atom. The van der Waals surface area contributed by atoms with Crippen LogP contribution in [0, 0.1) is 10.8 Å². The van der Waals surface area contributed by atoms with E-state index in [0.717, 1.165) is 11.1 Å². The molecule has 0 radical (unpaired) electrons. The van der Waals surface area contributed by atoms with Crippen LogP contribution in [-0.4, -0.2) is 15.4 Å². The summed E-state index contributed by atoms with van der Waals surface area (Å²) in [4.78, 5) is 14.9. The van der Waals surface area contributed by atoms with Gasteiger partial charge in [-0.3, -0.25) is 4.79 Å². The molecule has 0 unspecified atom stereocenters. The van der Waals surface area contributed by atoms with E-state index in [9.17, 15) is 4.79 Å². The molecule has 4 spiro atoms. The molecule has 4 fully saturated rings. The van der Waals surface area contributed by atoms with Crippen LogP contribution in [0.5, 0.6) is 0 Å². The normalized spacial score (nSPS) is 27.7. The van der Waals surface area contributed by atoms with E-state index in [2.05, 4.69) is 48.2 Å². The first kappa shape index (κ1) is 19.1. The van der Waals surface area contributed by atoms with Gasteiger partial charge in [0.05, 0.1) is 9.49 Å². The second kappa shape index (κ2) is 6.11. The van der Waals surface area contributed by atoms with Crippen molar-refractivity contribution < 1.29 is 4.79 Å². The molecular weight excluding hydrogens is 416 g/mol. The van der Waals surface area contributed by atoms with Crippen molar-refractivity contribution in [1.82, 2.24) is 0 Å². The number of hydrogen-bond donors (Lipinski definition) is 0. The third-order valence-electron chi connectivity index (χ3n) is 9.49. The summed E-state index contributed by atoms with van der Waals surface area (Å²) >= 11 is 8.64. The average molecular weight is 445 g/mol. The molecule has 4 aliphatic carbocycles. The Morgan fingerprint density at radius 3 is 1.61 bits per heavy atom. The van der Waals surface area contributed by atoms with Crippen LogP contribution in [0.15, 0.2) is 48.5 Å². The van der Waals surface area contributed by atoms with Gasteiger partial charge in [0.1, 0.15) is 0 Å². The lowest BCUT2D eigenvalue weighted by Crippen LogP contribution is -2.74. The molecule has 0 amide bonds. The number of carbonyl (C=O) groups excluding carboxylic acids is 1. The Labute approximate surface area is 194 Å².